The smallest absolute Gasteiger partial charge is 0.138 e. The van der Waals surface area contributed by atoms with Gasteiger partial charge < -0.3 is 0 Å². The van der Waals surface area contributed by atoms with E-state index in [1.54, 1.807) is 0 Å². The van der Waals surface area contributed by atoms with Gasteiger partial charge in [0.25, 0.3) is 0 Å². The van der Waals surface area contributed by atoms with Crippen molar-refractivity contribution < 1.29 is 0 Å². The van der Waals surface area contributed by atoms with Crippen LogP contribution in [0.3, 0.4) is 0 Å². The van der Waals surface area contributed by atoms with Gasteiger partial charge in [-0.2, -0.15) is 0 Å². The molecule has 0 spiro atoms. The lowest BCUT2D eigenvalue weighted by atomic mass is 10.2. The van der Waals surface area contributed by atoms with Gasteiger partial charge in [-0.1, -0.05) is 6.07 Å². The van der Waals surface area contributed by atoms with Crippen LogP contribution in [-0.2, 0) is 0 Å². The molecule has 0 fully saturated rings. The van der Waals surface area contributed by atoms with E-state index in [-0.39, 0.29) is 0 Å². The highest BCUT2D eigenvalue weighted by atomic mass is 15.3. The summed E-state index contributed by atoms with van der Waals surface area (Å²) in [4.78, 5) is 0. The topological polar surface area (TPSA) is 0 Å². The van der Waals surface area contributed by atoms with E-state index in [1.807, 2.05) is 0 Å². The van der Waals surface area contributed by atoms with Crippen molar-refractivity contribution in [3.8, 4) is 0 Å². The van der Waals surface area contributed by atoms with Crippen LogP contribution in [0.2, 0.25) is 0 Å². The third-order valence-corrected chi connectivity index (χ3v) is 2.38. The largest absolute Gasteiger partial charge is 0.298 e. The highest BCUT2D eigenvalue weighted by Gasteiger charge is 2.18. The first kappa shape index (κ1) is 11.2. The molecule has 0 radical (unpaired) electrons. The summed E-state index contributed by atoms with van der Waals surface area (Å²) in [6.45, 7) is 0. The van der Waals surface area contributed by atoms with Crippen molar-refractivity contribution in [1.82, 2.24) is 8.97 Å². The lowest BCUT2D eigenvalue weighted by molar-refractivity contribution is 0.471. The van der Waals surface area contributed by atoms with Crippen LogP contribution in [0.1, 0.15) is 0 Å². The van der Waals surface area contributed by atoms with E-state index in [4.69, 9.17) is 0 Å². The minimum atomic E-state index is 0.869. The predicted molar refractivity (Wildman–Crippen MR) is 65.6 cm³/mol. The van der Waals surface area contributed by atoms with Crippen LogP contribution in [0.5, 0.6) is 0 Å². The summed E-state index contributed by atoms with van der Waals surface area (Å²) in [5.41, 5.74) is 2.69. The molecule has 14 heavy (non-hydrogen) atoms. The first-order chi connectivity index (χ1) is 6.21. The predicted octanol–water partition coefficient (Wildman–Crippen LogP) is 2.08. The molecule has 0 unspecified atom stereocenters. The number of hydrogen-bond donors (Lipinski definition) is 0. The van der Waals surface area contributed by atoms with Crippen LogP contribution < -0.4 is 8.97 Å². The molecule has 1 aromatic rings. The summed E-state index contributed by atoms with van der Waals surface area (Å²) >= 11 is 0. The summed E-state index contributed by atoms with van der Waals surface area (Å²) < 4.78 is 1.74. The van der Waals surface area contributed by atoms with Gasteiger partial charge in [0.15, 0.2) is 0 Å². The number of quaternary nitrogens is 2. The van der Waals surface area contributed by atoms with Gasteiger partial charge in [0, 0.05) is 0 Å². The fraction of sp³-hybridized carbons (Fsp3) is 0.500. The monoisotopic (exact) mass is 194 g/mol. The van der Waals surface area contributed by atoms with Crippen LogP contribution in [0, 0.1) is 0 Å². The molecule has 2 heteroatoms. The van der Waals surface area contributed by atoms with Gasteiger partial charge >= 0.3 is 0 Å². The molecule has 0 amide bonds. The summed E-state index contributed by atoms with van der Waals surface area (Å²) in [6.07, 6.45) is 0. The molecule has 78 valence electrons. The van der Waals surface area contributed by atoms with Crippen LogP contribution in [-0.4, -0.2) is 42.3 Å². The van der Waals surface area contributed by atoms with Gasteiger partial charge in [-0.25, -0.2) is 0 Å². The zero-order valence-corrected chi connectivity index (χ0v) is 10.2. The highest BCUT2D eigenvalue weighted by Crippen LogP contribution is 2.25. The molecule has 1 rings (SSSR count). The van der Waals surface area contributed by atoms with Crippen LogP contribution in [0.4, 0.5) is 11.4 Å². The maximum Gasteiger partial charge on any atom is 0.138 e. The van der Waals surface area contributed by atoms with Crippen molar-refractivity contribution in [2.75, 3.05) is 42.3 Å². The Kier molecular flexibility index (Phi) is 2.70. The molecular formula is C12H22N2+2. The van der Waals surface area contributed by atoms with Crippen molar-refractivity contribution >= 4 is 11.4 Å². The van der Waals surface area contributed by atoms with E-state index in [1.165, 1.54) is 11.4 Å². The zero-order valence-electron chi connectivity index (χ0n) is 10.2. The normalized spacial score (nSPS) is 13.0. The highest BCUT2D eigenvalue weighted by molar-refractivity contribution is 5.54. The standard InChI is InChI=1S/C12H22N2/c1-13(2,3)11-8-7-9-12(10-11)14(4,5)6/h7-10H,1-6H3/q+2. The van der Waals surface area contributed by atoms with Gasteiger partial charge in [0.1, 0.15) is 11.4 Å². The van der Waals surface area contributed by atoms with E-state index < -0.39 is 0 Å². The number of benzene rings is 1. The van der Waals surface area contributed by atoms with Crippen LogP contribution in [0.15, 0.2) is 24.3 Å². The third kappa shape index (κ3) is 2.56. The lowest BCUT2D eigenvalue weighted by Gasteiger charge is -2.27. The maximum atomic E-state index is 2.28. The van der Waals surface area contributed by atoms with E-state index >= 15 is 0 Å². The summed E-state index contributed by atoms with van der Waals surface area (Å²) in [5, 5.41) is 0. The Balaban J connectivity index is 3.15. The summed E-state index contributed by atoms with van der Waals surface area (Å²) in [5.74, 6) is 0. The SMILES string of the molecule is C[N+](C)(C)c1cccc([N+](C)(C)C)c1. The Bertz CT molecular complexity index is 287. The Morgan fingerprint density at radius 1 is 0.714 bits per heavy atom. The van der Waals surface area contributed by atoms with Crippen molar-refractivity contribution in [2.24, 2.45) is 0 Å². The second kappa shape index (κ2) is 3.37. The number of hydrogen-bond acceptors (Lipinski definition) is 0. The van der Waals surface area contributed by atoms with Gasteiger partial charge in [-0.3, -0.25) is 8.97 Å². The maximum absolute atomic E-state index is 2.28. The van der Waals surface area contributed by atoms with Crippen molar-refractivity contribution in [3.05, 3.63) is 24.3 Å². The number of nitrogens with zero attached hydrogens (tertiary/aromatic N) is 2. The fourth-order valence-electron chi connectivity index (χ4n) is 1.33. The Morgan fingerprint density at radius 3 is 1.36 bits per heavy atom. The minimum Gasteiger partial charge on any atom is -0.298 e. The van der Waals surface area contributed by atoms with E-state index in [9.17, 15) is 0 Å². The van der Waals surface area contributed by atoms with E-state index in [0.717, 1.165) is 8.97 Å². The molecule has 1 aromatic carbocycles. The molecule has 0 saturated heterocycles. The fourth-order valence-corrected chi connectivity index (χ4v) is 1.33. The minimum absolute atomic E-state index is 0.869. The Morgan fingerprint density at radius 2 is 1.07 bits per heavy atom. The number of rotatable bonds is 2. The Labute approximate surface area is 87.6 Å². The molecule has 0 atom stereocenters. The molecule has 0 aliphatic rings. The van der Waals surface area contributed by atoms with Crippen molar-refractivity contribution in [1.29, 1.82) is 0 Å². The first-order valence-electron chi connectivity index (χ1n) is 4.95. The summed E-state index contributed by atoms with van der Waals surface area (Å²) in [7, 11) is 13.1. The van der Waals surface area contributed by atoms with Crippen molar-refractivity contribution in [2.45, 2.75) is 0 Å². The molecular weight excluding hydrogens is 172 g/mol. The van der Waals surface area contributed by atoms with Crippen LogP contribution in [0.25, 0.3) is 0 Å². The van der Waals surface area contributed by atoms with Gasteiger partial charge in [-0.15, -0.1) is 0 Å². The van der Waals surface area contributed by atoms with Gasteiger partial charge in [0.05, 0.1) is 48.4 Å². The first-order valence-corrected chi connectivity index (χ1v) is 4.95. The Hall–Kier alpha value is -0.860. The quantitative estimate of drug-likeness (QED) is 0.632. The lowest BCUT2D eigenvalue weighted by Crippen LogP contribution is -2.37. The van der Waals surface area contributed by atoms with E-state index in [2.05, 4.69) is 66.6 Å². The molecule has 0 heterocycles. The summed E-state index contributed by atoms with van der Waals surface area (Å²) in [6, 6.07) is 8.77. The second-order valence-corrected chi connectivity index (χ2v) is 5.54. The third-order valence-electron chi connectivity index (χ3n) is 2.38. The molecule has 0 aliphatic carbocycles. The molecule has 0 aromatic heterocycles. The molecule has 2 nitrogen and oxygen atoms in total. The average molecular weight is 194 g/mol. The van der Waals surface area contributed by atoms with Crippen molar-refractivity contribution in [3.63, 3.8) is 0 Å². The molecule has 0 bridgehead atoms. The molecule has 0 N–H and O–H groups in total. The van der Waals surface area contributed by atoms with E-state index in [0.29, 0.717) is 0 Å². The van der Waals surface area contributed by atoms with Gasteiger partial charge in [-0.05, 0) is 12.1 Å². The second-order valence-electron chi connectivity index (χ2n) is 5.54. The van der Waals surface area contributed by atoms with Gasteiger partial charge in [0.2, 0.25) is 0 Å². The average Bonchev–Trinajstić information content (AvgIpc) is 2.01. The molecule has 0 aliphatic heterocycles. The van der Waals surface area contributed by atoms with Crippen LogP contribution >= 0.6 is 0 Å². The molecule has 0 saturated carbocycles. The zero-order chi connectivity index (χ0) is 11.0.